The molecular weight excluding hydrogens is 308 g/mol. The molecule has 0 radical (unpaired) electrons. The molecule has 3 aliphatic rings. The molecular formula is C22H24N2O. The Balaban J connectivity index is 1.53. The van der Waals surface area contributed by atoms with Gasteiger partial charge in [-0.25, -0.2) is 5.01 Å². The molecule has 1 aliphatic carbocycles. The third kappa shape index (κ3) is 2.62. The van der Waals surface area contributed by atoms with Crippen LogP contribution in [0.2, 0.25) is 0 Å². The van der Waals surface area contributed by atoms with Crippen LogP contribution in [0.1, 0.15) is 55.7 Å². The second-order valence-corrected chi connectivity index (χ2v) is 7.46. The van der Waals surface area contributed by atoms with Crippen molar-refractivity contribution in [3.63, 3.8) is 0 Å². The van der Waals surface area contributed by atoms with E-state index in [4.69, 9.17) is 9.84 Å². The highest BCUT2D eigenvalue weighted by molar-refractivity contribution is 6.01. The van der Waals surface area contributed by atoms with Crippen molar-refractivity contribution in [2.24, 2.45) is 11.0 Å². The highest BCUT2D eigenvalue weighted by Gasteiger charge is 2.43. The van der Waals surface area contributed by atoms with Gasteiger partial charge in [0.15, 0.2) is 6.23 Å². The molecule has 0 spiro atoms. The van der Waals surface area contributed by atoms with Gasteiger partial charge < -0.3 is 4.74 Å². The standard InChI is InChI=1S/C22H24N2O/c1-3-9-16(10-4-1)19-15-20-18-13-7-8-14-21(18)25-22(24(20)23-19)17-11-5-2-6-12-17/h1,3-4,7-10,13-14,17,20,22H,2,5-6,11-12,15H2. The first-order valence-corrected chi connectivity index (χ1v) is 9.57. The predicted octanol–water partition coefficient (Wildman–Crippen LogP) is 5.14. The molecule has 25 heavy (non-hydrogen) atoms. The van der Waals surface area contributed by atoms with Gasteiger partial charge in [0, 0.05) is 17.9 Å². The largest absolute Gasteiger partial charge is 0.468 e. The van der Waals surface area contributed by atoms with Crippen LogP contribution in [0.25, 0.3) is 0 Å². The van der Waals surface area contributed by atoms with Crippen molar-refractivity contribution < 1.29 is 4.74 Å². The number of nitrogens with zero attached hydrogens (tertiary/aromatic N) is 2. The minimum Gasteiger partial charge on any atom is -0.468 e. The summed E-state index contributed by atoms with van der Waals surface area (Å²) < 4.78 is 6.49. The molecule has 1 saturated carbocycles. The number of benzene rings is 2. The fourth-order valence-electron chi connectivity index (χ4n) is 4.60. The van der Waals surface area contributed by atoms with Crippen LogP contribution in [0.4, 0.5) is 0 Å². The summed E-state index contributed by atoms with van der Waals surface area (Å²) in [6, 6.07) is 19.4. The zero-order valence-corrected chi connectivity index (χ0v) is 14.5. The molecule has 0 saturated heterocycles. The smallest absolute Gasteiger partial charge is 0.190 e. The van der Waals surface area contributed by atoms with E-state index in [0.717, 1.165) is 12.2 Å². The van der Waals surface area contributed by atoms with Gasteiger partial charge in [0.1, 0.15) is 5.75 Å². The van der Waals surface area contributed by atoms with Gasteiger partial charge in [-0.1, -0.05) is 67.8 Å². The van der Waals surface area contributed by atoms with Gasteiger partial charge in [0.2, 0.25) is 0 Å². The quantitative estimate of drug-likeness (QED) is 0.761. The van der Waals surface area contributed by atoms with Crippen LogP contribution in [0.3, 0.4) is 0 Å². The average molecular weight is 332 g/mol. The summed E-state index contributed by atoms with van der Waals surface area (Å²) in [6.45, 7) is 0. The molecule has 128 valence electrons. The molecule has 3 heteroatoms. The number of hydrazone groups is 1. The fraction of sp³-hybridized carbons (Fsp3) is 0.409. The number of rotatable bonds is 2. The van der Waals surface area contributed by atoms with E-state index in [1.54, 1.807) is 0 Å². The predicted molar refractivity (Wildman–Crippen MR) is 99.6 cm³/mol. The molecule has 2 unspecified atom stereocenters. The minimum atomic E-state index is 0.0846. The second kappa shape index (κ2) is 6.21. The number of hydrogen-bond donors (Lipinski definition) is 0. The fourth-order valence-corrected chi connectivity index (χ4v) is 4.60. The third-order valence-electron chi connectivity index (χ3n) is 5.89. The zero-order chi connectivity index (χ0) is 16.6. The lowest BCUT2D eigenvalue weighted by atomic mass is 9.86. The molecule has 0 N–H and O–H groups in total. The van der Waals surface area contributed by atoms with E-state index in [-0.39, 0.29) is 6.23 Å². The molecule has 2 aromatic rings. The van der Waals surface area contributed by atoms with Crippen LogP contribution in [0, 0.1) is 5.92 Å². The molecule has 5 rings (SSSR count). The first-order chi connectivity index (χ1) is 12.4. The number of ether oxygens (including phenoxy) is 1. The van der Waals surface area contributed by atoms with Crippen molar-refractivity contribution in [1.82, 2.24) is 5.01 Å². The summed E-state index contributed by atoms with van der Waals surface area (Å²) in [6.07, 6.45) is 7.56. The Hall–Kier alpha value is -2.29. The van der Waals surface area contributed by atoms with Gasteiger partial charge in [0.25, 0.3) is 0 Å². The van der Waals surface area contributed by atoms with Crippen molar-refractivity contribution in [1.29, 1.82) is 0 Å². The Morgan fingerprint density at radius 1 is 0.880 bits per heavy atom. The Morgan fingerprint density at radius 2 is 1.64 bits per heavy atom. The lowest BCUT2D eigenvalue weighted by Gasteiger charge is -2.42. The molecule has 2 heterocycles. The minimum absolute atomic E-state index is 0.0846. The average Bonchev–Trinajstić information content (AvgIpc) is 3.14. The maximum Gasteiger partial charge on any atom is 0.190 e. The van der Waals surface area contributed by atoms with Crippen molar-refractivity contribution in [2.45, 2.75) is 50.8 Å². The molecule has 2 atom stereocenters. The van der Waals surface area contributed by atoms with Crippen LogP contribution < -0.4 is 4.74 Å². The van der Waals surface area contributed by atoms with E-state index >= 15 is 0 Å². The summed E-state index contributed by atoms with van der Waals surface area (Å²) in [5, 5.41) is 7.34. The van der Waals surface area contributed by atoms with Crippen molar-refractivity contribution in [2.75, 3.05) is 0 Å². The molecule has 3 nitrogen and oxygen atoms in total. The molecule has 0 aromatic heterocycles. The maximum absolute atomic E-state index is 6.49. The van der Waals surface area contributed by atoms with E-state index in [0.29, 0.717) is 12.0 Å². The van der Waals surface area contributed by atoms with Crippen LogP contribution in [0.5, 0.6) is 5.75 Å². The van der Waals surface area contributed by atoms with E-state index in [1.807, 2.05) is 0 Å². The van der Waals surface area contributed by atoms with E-state index in [2.05, 4.69) is 59.6 Å². The van der Waals surface area contributed by atoms with E-state index in [1.165, 1.54) is 48.9 Å². The number of hydrogen-bond acceptors (Lipinski definition) is 3. The monoisotopic (exact) mass is 332 g/mol. The summed E-state index contributed by atoms with van der Waals surface area (Å²) >= 11 is 0. The molecule has 0 amide bonds. The zero-order valence-electron chi connectivity index (χ0n) is 14.5. The van der Waals surface area contributed by atoms with E-state index < -0.39 is 0 Å². The first kappa shape index (κ1) is 15.0. The maximum atomic E-state index is 6.49. The van der Waals surface area contributed by atoms with Gasteiger partial charge in [-0.2, -0.15) is 5.10 Å². The topological polar surface area (TPSA) is 24.8 Å². The number of para-hydroxylation sites is 1. The summed E-state index contributed by atoms with van der Waals surface area (Å²) in [4.78, 5) is 0. The normalized spacial score (nSPS) is 25.8. The van der Waals surface area contributed by atoms with Crippen LogP contribution in [-0.2, 0) is 0 Å². The Labute approximate surface area is 149 Å². The van der Waals surface area contributed by atoms with Crippen molar-refractivity contribution >= 4 is 5.71 Å². The first-order valence-electron chi connectivity index (χ1n) is 9.57. The number of fused-ring (bicyclic) bond motifs is 3. The second-order valence-electron chi connectivity index (χ2n) is 7.46. The molecule has 1 fully saturated rings. The van der Waals surface area contributed by atoms with Gasteiger partial charge in [-0.05, 0) is 24.5 Å². The Morgan fingerprint density at radius 3 is 2.48 bits per heavy atom. The lowest BCUT2D eigenvalue weighted by molar-refractivity contribution is -0.0643. The Bertz CT molecular complexity index is 780. The van der Waals surface area contributed by atoms with E-state index in [9.17, 15) is 0 Å². The lowest BCUT2D eigenvalue weighted by Crippen LogP contribution is -2.45. The van der Waals surface area contributed by atoms with Crippen molar-refractivity contribution in [3.05, 3.63) is 65.7 Å². The summed E-state index contributed by atoms with van der Waals surface area (Å²) in [5.74, 6) is 1.65. The highest BCUT2D eigenvalue weighted by Crippen LogP contribution is 2.46. The highest BCUT2D eigenvalue weighted by atomic mass is 16.5. The van der Waals surface area contributed by atoms with Crippen LogP contribution in [-0.4, -0.2) is 16.9 Å². The van der Waals surface area contributed by atoms with Crippen molar-refractivity contribution in [3.8, 4) is 5.75 Å². The summed E-state index contributed by atoms with van der Waals surface area (Å²) in [5.41, 5.74) is 3.70. The van der Waals surface area contributed by atoms with Gasteiger partial charge >= 0.3 is 0 Å². The van der Waals surface area contributed by atoms with Gasteiger partial charge in [-0.15, -0.1) is 0 Å². The van der Waals surface area contributed by atoms with Gasteiger partial charge in [0.05, 0.1) is 11.8 Å². The van der Waals surface area contributed by atoms with Crippen LogP contribution >= 0.6 is 0 Å². The molecule has 2 aliphatic heterocycles. The molecule has 0 bridgehead atoms. The van der Waals surface area contributed by atoms with Crippen LogP contribution in [0.15, 0.2) is 59.7 Å². The SMILES string of the molecule is c1ccc(C2=NN3C(C2)c2ccccc2OC3C2CCCCC2)cc1. The Kier molecular flexibility index (Phi) is 3.73. The molecule has 2 aromatic carbocycles. The third-order valence-corrected chi connectivity index (χ3v) is 5.89. The summed E-state index contributed by atoms with van der Waals surface area (Å²) in [7, 11) is 0. The van der Waals surface area contributed by atoms with Gasteiger partial charge in [-0.3, -0.25) is 0 Å².